The standard InChI is InChI=1S/C29H41NO4.C6H13NO2.CH3NO2/c1-25(2,3)26(4,32)20-15-27-10-11-29(20,33-5)24-28(27)12-13-30(16-17-6-7-17)21(27)14-18-8-9-19(31)23(34-24)22(18)28;1-3-4(2)5(7)6(8)9;2-1(3)4/h8-9,17,20-21,24,31-32H,6-7,10-16H2,1-5H3;4-5H,3,7H2,1-2H3,(H,8,9);2H2,(H,3,4)/t20-,21-,24-,26+,27-,28+,29+;;/m1../s1. The summed E-state index contributed by atoms with van der Waals surface area (Å²) in [6.45, 7) is 14.6. The van der Waals surface area contributed by atoms with Crippen molar-refractivity contribution in [1.29, 1.82) is 0 Å². The van der Waals surface area contributed by atoms with E-state index in [9.17, 15) is 15.0 Å². The van der Waals surface area contributed by atoms with E-state index in [0.29, 0.717) is 11.8 Å². The van der Waals surface area contributed by atoms with Crippen molar-refractivity contribution < 1.29 is 39.5 Å². The average molecular weight is 660 g/mol. The topological polar surface area (TPSA) is 189 Å². The van der Waals surface area contributed by atoms with Crippen LogP contribution in [0.2, 0.25) is 0 Å². The van der Waals surface area contributed by atoms with E-state index in [1.54, 1.807) is 0 Å². The SMILES string of the molecule is CCC(C)C(N)C(=O)O.CO[C@@]12CC[C@@]3(C[C@@H]1[C@](C)(O)C(C)(C)C)[C@H]1Cc4ccc(O)c5c4[C@@]3(CCN1CC1CC1)[C@H]2O5.NC(=O)O. The van der Waals surface area contributed by atoms with Crippen molar-refractivity contribution in [3.63, 3.8) is 0 Å². The van der Waals surface area contributed by atoms with Crippen LogP contribution in [0.25, 0.3) is 0 Å². The van der Waals surface area contributed by atoms with Crippen molar-refractivity contribution in [2.45, 2.75) is 128 Å². The lowest BCUT2D eigenvalue weighted by molar-refractivity contribution is -0.312. The van der Waals surface area contributed by atoms with E-state index in [0.717, 1.165) is 51.0 Å². The highest BCUT2D eigenvalue weighted by molar-refractivity contribution is 5.73. The van der Waals surface area contributed by atoms with Gasteiger partial charge < -0.3 is 41.4 Å². The first-order valence-corrected chi connectivity index (χ1v) is 17.3. The van der Waals surface area contributed by atoms with Gasteiger partial charge in [-0.2, -0.15) is 0 Å². The van der Waals surface area contributed by atoms with E-state index in [-0.39, 0.29) is 39.9 Å². The maximum atomic E-state index is 12.2. The lowest BCUT2D eigenvalue weighted by Crippen LogP contribution is -2.83. The Morgan fingerprint density at radius 3 is 2.30 bits per heavy atom. The molecule has 1 saturated heterocycles. The molecule has 1 amide bonds. The lowest BCUT2D eigenvalue weighted by Gasteiger charge is -2.75. The van der Waals surface area contributed by atoms with Crippen LogP contribution >= 0.6 is 0 Å². The number of aliphatic hydroxyl groups is 1. The summed E-state index contributed by atoms with van der Waals surface area (Å²) < 4.78 is 13.5. The highest BCUT2D eigenvalue weighted by Gasteiger charge is 2.82. The molecule has 11 heteroatoms. The van der Waals surface area contributed by atoms with Gasteiger partial charge in [-0.05, 0) is 87.3 Å². The minimum absolute atomic E-state index is 0.0294. The molecule has 11 nitrogen and oxygen atoms in total. The molecule has 8 rings (SSSR count). The molecule has 2 aliphatic heterocycles. The average Bonchev–Trinajstić information content (AvgIpc) is 3.74. The molecule has 9 atom stereocenters. The van der Waals surface area contributed by atoms with Crippen LogP contribution in [0.5, 0.6) is 11.5 Å². The van der Waals surface area contributed by atoms with Gasteiger partial charge in [0.1, 0.15) is 17.7 Å². The number of phenolic OH excluding ortho intramolecular Hbond substituents is 1. The molecular weight excluding hydrogens is 602 g/mol. The van der Waals surface area contributed by atoms with Gasteiger partial charge in [-0.3, -0.25) is 9.69 Å². The summed E-state index contributed by atoms with van der Waals surface area (Å²) in [6, 6.07) is 3.76. The van der Waals surface area contributed by atoms with Crippen LogP contribution < -0.4 is 16.2 Å². The van der Waals surface area contributed by atoms with Crippen molar-refractivity contribution >= 4 is 12.1 Å². The number of hydrogen-bond acceptors (Lipinski definition) is 8. The Kier molecular flexibility index (Phi) is 9.17. The molecule has 5 fully saturated rings. The Morgan fingerprint density at radius 1 is 1.15 bits per heavy atom. The second-order valence-electron chi connectivity index (χ2n) is 16.4. The van der Waals surface area contributed by atoms with Crippen molar-refractivity contribution in [2.24, 2.45) is 40.1 Å². The number of carboxylic acids is 1. The van der Waals surface area contributed by atoms with Crippen LogP contribution in [0.3, 0.4) is 0 Å². The molecule has 1 aromatic rings. The highest BCUT2D eigenvalue weighted by Crippen LogP contribution is 2.78. The first-order valence-electron chi connectivity index (χ1n) is 17.3. The Bertz CT molecular complexity index is 1370. The number of piperidine rings is 1. The number of carboxylic acid groups (broad SMARTS) is 2. The van der Waals surface area contributed by atoms with Crippen molar-refractivity contribution in [2.75, 3.05) is 20.2 Å². The second kappa shape index (κ2) is 12.1. The van der Waals surface area contributed by atoms with Gasteiger partial charge in [0.25, 0.3) is 0 Å². The maximum Gasteiger partial charge on any atom is 0.402 e. The molecule has 2 spiro atoms. The van der Waals surface area contributed by atoms with Gasteiger partial charge in [-0.15, -0.1) is 0 Å². The number of aliphatic carboxylic acids is 1. The number of ether oxygens (including phenoxy) is 2. The number of nitrogens with two attached hydrogens (primary N) is 2. The molecule has 4 saturated carbocycles. The number of nitrogens with zero attached hydrogens (tertiary/aromatic N) is 1. The fourth-order valence-electron chi connectivity index (χ4n) is 10.1. The molecule has 47 heavy (non-hydrogen) atoms. The Morgan fingerprint density at radius 2 is 1.79 bits per heavy atom. The van der Waals surface area contributed by atoms with Crippen LogP contribution in [0.4, 0.5) is 4.79 Å². The number of methoxy groups -OCH3 is 1. The van der Waals surface area contributed by atoms with Crippen LogP contribution in [0, 0.1) is 28.6 Å². The summed E-state index contributed by atoms with van der Waals surface area (Å²) in [4.78, 5) is 21.8. The summed E-state index contributed by atoms with van der Waals surface area (Å²) in [7, 11) is 1.83. The molecule has 1 aromatic carbocycles. The zero-order chi connectivity index (χ0) is 34.9. The normalized spacial score (nSPS) is 35.5. The number of likely N-dealkylation sites (tertiary alicyclic amines) is 1. The maximum absolute atomic E-state index is 12.2. The molecule has 0 aromatic heterocycles. The number of fused-ring (bicyclic) bond motifs is 2. The molecule has 5 aliphatic carbocycles. The number of carbonyl (C=O) groups is 2. The molecule has 7 aliphatic rings. The zero-order valence-corrected chi connectivity index (χ0v) is 29.2. The molecule has 264 valence electrons. The zero-order valence-electron chi connectivity index (χ0n) is 29.2. The number of aromatic hydroxyl groups is 1. The van der Waals surface area contributed by atoms with E-state index in [4.69, 9.17) is 30.2 Å². The van der Waals surface area contributed by atoms with E-state index >= 15 is 0 Å². The first-order chi connectivity index (χ1) is 21.8. The number of hydrogen-bond donors (Lipinski definition) is 6. The minimum atomic E-state index is -1.33. The third kappa shape index (κ3) is 5.31. The number of rotatable bonds is 7. The minimum Gasteiger partial charge on any atom is -0.504 e. The monoisotopic (exact) mass is 659 g/mol. The quantitative estimate of drug-likeness (QED) is 0.243. The van der Waals surface area contributed by atoms with Gasteiger partial charge in [0, 0.05) is 42.0 Å². The number of benzene rings is 1. The third-order valence-electron chi connectivity index (χ3n) is 13.4. The van der Waals surface area contributed by atoms with Crippen LogP contribution in [0.1, 0.15) is 97.6 Å². The summed E-state index contributed by atoms with van der Waals surface area (Å²) in [5.74, 6) is 0.961. The summed E-state index contributed by atoms with van der Waals surface area (Å²) in [6.07, 6.45) is 7.11. The van der Waals surface area contributed by atoms with E-state index in [1.807, 2.05) is 33.9 Å². The number of primary amides is 1. The van der Waals surface area contributed by atoms with Crippen LogP contribution in [-0.2, 0) is 21.4 Å². The molecule has 4 bridgehead atoms. The Labute approximate surface area is 279 Å². The van der Waals surface area contributed by atoms with Crippen molar-refractivity contribution in [1.82, 2.24) is 4.90 Å². The van der Waals surface area contributed by atoms with Crippen LogP contribution in [-0.4, -0.2) is 87.0 Å². The Balaban J connectivity index is 0.000000285. The predicted octanol–water partition coefficient (Wildman–Crippen LogP) is 4.48. The third-order valence-corrected chi connectivity index (χ3v) is 13.4. The Hall–Kier alpha value is -2.60. The van der Waals surface area contributed by atoms with Crippen molar-refractivity contribution in [3.05, 3.63) is 23.3 Å². The van der Waals surface area contributed by atoms with Gasteiger partial charge in [0.05, 0.1) is 5.60 Å². The van der Waals surface area contributed by atoms with Crippen molar-refractivity contribution in [3.8, 4) is 11.5 Å². The summed E-state index contributed by atoms with van der Waals surface area (Å²) in [5.41, 5.74) is 10.1. The predicted molar refractivity (Wildman–Crippen MR) is 177 cm³/mol. The molecule has 0 radical (unpaired) electrons. The highest BCUT2D eigenvalue weighted by atomic mass is 16.6. The van der Waals surface area contributed by atoms with E-state index < -0.39 is 29.3 Å². The fourth-order valence-corrected chi connectivity index (χ4v) is 10.1. The summed E-state index contributed by atoms with van der Waals surface area (Å²) in [5, 5.41) is 38.7. The van der Waals surface area contributed by atoms with Gasteiger partial charge in [0.15, 0.2) is 11.5 Å². The second-order valence-corrected chi connectivity index (χ2v) is 16.4. The number of amides is 1. The largest absolute Gasteiger partial charge is 0.504 e. The fraction of sp³-hybridized carbons (Fsp3) is 0.778. The van der Waals surface area contributed by atoms with Crippen LogP contribution in [0.15, 0.2) is 12.1 Å². The van der Waals surface area contributed by atoms with Gasteiger partial charge in [-0.1, -0.05) is 47.1 Å². The van der Waals surface area contributed by atoms with Gasteiger partial charge in [0.2, 0.25) is 0 Å². The van der Waals surface area contributed by atoms with E-state index in [2.05, 4.69) is 37.5 Å². The molecule has 8 N–H and O–H groups in total. The molecule has 2 heterocycles. The summed E-state index contributed by atoms with van der Waals surface area (Å²) >= 11 is 0. The van der Waals surface area contributed by atoms with Gasteiger partial charge in [-0.25, -0.2) is 4.79 Å². The molecular formula is C36H57N3O8. The first kappa shape index (κ1) is 35.7. The van der Waals surface area contributed by atoms with E-state index in [1.165, 1.54) is 30.5 Å². The number of phenols is 1. The van der Waals surface area contributed by atoms with Gasteiger partial charge >= 0.3 is 12.1 Å². The smallest absolute Gasteiger partial charge is 0.402 e. The lowest BCUT2D eigenvalue weighted by atomic mass is 9.33. The molecule has 2 unspecified atom stereocenters.